The molecule has 1 saturated carbocycles. The lowest BCUT2D eigenvalue weighted by Gasteiger charge is -2.34. The Labute approximate surface area is 117 Å². The molecule has 1 heterocycles. The van der Waals surface area contributed by atoms with Crippen LogP contribution in [0.1, 0.15) is 26.2 Å². The lowest BCUT2D eigenvalue weighted by molar-refractivity contribution is -0.119. The standard InChI is InChI=1S/C15H19N3O2/c1-2-20-11-7-10(8-11)9-14(19)16-15-12-5-3-4-6-13(12)17-18-15/h3-6,10-11H,2,7-9H2,1H3,(H2,16,17,18,19). The molecule has 20 heavy (non-hydrogen) atoms. The summed E-state index contributed by atoms with van der Waals surface area (Å²) in [5, 5.41) is 10.9. The average molecular weight is 273 g/mol. The number of fused-ring (bicyclic) bond motifs is 1. The molecular weight excluding hydrogens is 254 g/mol. The van der Waals surface area contributed by atoms with Crippen molar-refractivity contribution in [2.45, 2.75) is 32.3 Å². The van der Waals surface area contributed by atoms with Gasteiger partial charge in [-0.3, -0.25) is 9.89 Å². The van der Waals surface area contributed by atoms with E-state index in [1.54, 1.807) is 0 Å². The minimum absolute atomic E-state index is 0.0298. The van der Waals surface area contributed by atoms with Gasteiger partial charge in [0.25, 0.3) is 0 Å². The van der Waals surface area contributed by atoms with Crippen molar-refractivity contribution in [1.82, 2.24) is 10.2 Å². The van der Waals surface area contributed by atoms with Crippen LogP contribution in [0.15, 0.2) is 24.3 Å². The Bertz CT molecular complexity index is 602. The highest BCUT2D eigenvalue weighted by Crippen LogP contribution is 2.33. The second-order valence-electron chi connectivity index (χ2n) is 5.28. The Balaban J connectivity index is 1.55. The summed E-state index contributed by atoms with van der Waals surface area (Å²) in [5.41, 5.74) is 0.933. The van der Waals surface area contributed by atoms with Gasteiger partial charge in [0, 0.05) is 18.4 Å². The zero-order chi connectivity index (χ0) is 13.9. The fourth-order valence-corrected chi connectivity index (χ4v) is 2.72. The van der Waals surface area contributed by atoms with Gasteiger partial charge in [0.2, 0.25) is 5.91 Å². The quantitative estimate of drug-likeness (QED) is 0.880. The van der Waals surface area contributed by atoms with E-state index in [9.17, 15) is 4.79 Å². The largest absolute Gasteiger partial charge is 0.378 e. The number of amides is 1. The SMILES string of the molecule is CCOC1CC(CC(=O)Nc2n[nH]c3ccccc23)C1. The smallest absolute Gasteiger partial charge is 0.225 e. The van der Waals surface area contributed by atoms with Gasteiger partial charge < -0.3 is 10.1 Å². The molecule has 0 atom stereocenters. The molecule has 5 heteroatoms. The molecule has 106 valence electrons. The first-order valence-electron chi connectivity index (χ1n) is 7.10. The number of aromatic nitrogens is 2. The molecular formula is C15H19N3O2. The molecule has 0 unspecified atom stereocenters. The van der Waals surface area contributed by atoms with Crippen LogP contribution in [0.4, 0.5) is 5.82 Å². The van der Waals surface area contributed by atoms with Crippen LogP contribution in [0.5, 0.6) is 0 Å². The van der Waals surface area contributed by atoms with Gasteiger partial charge in [-0.15, -0.1) is 0 Å². The number of carbonyl (C=O) groups excluding carboxylic acids is 1. The second kappa shape index (κ2) is 5.63. The van der Waals surface area contributed by atoms with Gasteiger partial charge in [-0.05, 0) is 37.8 Å². The van der Waals surface area contributed by atoms with Crippen molar-refractivity contribution < 1.29 is 9.53 Å². The third-order valence-electron chi connectivity index (χ3n) is 3.80. The van der Waals surface area contributed by atoms with Crippen molar-refractivity contribution in [2.75, 3.05) is 11.9 Å². The summed E-state index contributed by atoms with van der Waals surface area (Å²) in [7, 11) is 0. The molecule has 1 aromatic heterocycles. The average Bonchev–Trinajstić information content (AvgIpc) is 2.80. The summed E-state index contributed by atoms with van der Waals surface area (Å²) in [6.45, 7) is 2.76. The minimum atomic E-state index is 0.0298. The van der Waals surface area contributed by atoms with Crippen molar-refractivity contribution in [2.24, 2.45) is 5.92 Å². The molecule has 2 N–H and O–H groups in total. The van der Waals surface area contributed by atoms with Gasteiger partial charge in [0.05, 0.1) is 11.6 Å². The maximum atomic E-state index is 12.0. The van der Waals surface area contributed by atoms with E-state index < -0.39 is 0 Å². The first kappa shape index (κ1) is 13.1. The minimum Gasteiger partial charge on any atom is -0.378 e. The van der Waals surface area contributed by atoms with E-state index in [-0.39, 0.29) is 5.91 Å². The number of carbonyl (C=O) groups is 1. The van der Waals surface area contributed by atoms with Gasteiger partial charge in [0.1, 0.15) is 0 Å². The third-order valence-corrected chi connectivity index (χ3v) is 3.80. The van der Waals surface area contributed by atoms with Crippen LogP contribution >= 0.6 is 0 Å². The molecule has 2 aromatic rings. The number of nitrogens with one attached hydrogen (secondary N) is 2. The molecule has 0 saturated heterocycles. The Morgan fingerprint density at radius 2 is 2.25 bits per heavy atom. The third kappa shape index (κ3) is 2.67. The van der Waals surface area contributed by atoms with E-state index in [1.165, 1.54) is 0 Å². The van der Waals surface area contributed by atoms with Crippen molar-refractivity contribution in [3.63, 3.8) is 0 Å². The van der Waals surface area contributed by atoms with Crippen molar-refractivity contribution >= 4 is 22.6 Å². The lowest BCUT2D eigenvalue weighted by Crippen LogP contribution is -2.33. The summed E-state index contributed by atoms with van der Waals surface area (Å²) in [6, 6.07) is 7.76. The molecule has 5 nitrogen and oxygen atoms in total. The maximum Gasteiger partial charge on any atom is 0.225 e. The summed E-state index contributed by atoms with van der Waals surface area (Å²) < 4.78 is 5.50. The number of rotatable bonds is 5. The normalized spacial score (nSPS) is 21.6. The number of anilines is 1. The van der Waals surface area contributed by atoms with Crippen LogP contribution in [0.3, 0.4) is 0 Å². The Hall–Kier alpha value is -1.88. The van der Waals surface area contributed by atoms with E-state index in [0.29, 0.717) is 24.3 Å². The fraction of sp³-hybridized carbons (Fsp3) is 0.467. The topological polar surface area (TPSA) is 67.0 Å². The highest BCUT2D eigenvalue weighted by atomic mass is 16.5. The summed E-state index contributed by atoms with van der Waals surface area (Å²) in [4.78, 5) is 12.0. The van der Waals surface area contributed by atoms with E-state index in [2.05, 4.69) is 15.5 Å². The van der Waals surface area contributed by atoms with Crippen LogP contribution in [-0.2, 0) is 9.53 Å². The van der Waals surface area contributed by atoms with Crippen LogP contribution in [0.2, 0.25) is 0 Å². The van der Waals surface area contributed by atoms with Crippen LogP contribution in [0, 0.1) is 5.92 Å². The number of hydrogen-bond acceptors (Lipinski definition) is 3. The first-order chi connectivity index (χ1) is 9.76. The monoisotopic (exact) mass is 273 g/mol. The number of aromatic amines is 1. The Morgan fingerprint density at radius 1 is 1.45 bits per heavy atom. The number of benzene rings is 1. The van der Waals surface area contributed by atoms with Crippen LogP contribution < -0.4 is 5.32 Å². The number of H-pyrrole nitrogens is 1. The Morgan fingerprint density at radius 3 is 3.05 bits per heavy atom. The number of hydrogen-bond donors (Lipinski definition) is 2. The number of ether oxygens (including phenoxy) is 1. The molecule has 1 fully saturated rings. The molecule has 0 aliphatic heterocycles. The molecule has 1 aliphatic carbocycles. The summed E-state index contributed by atoms with van der Waals surface area (Å²) in [5.74, 6) is 1.09. The van der Waals surface area contributed by atoms with Gasteiger partial charge in [-0.1, -0.05) is 12.1 Å². The van der Waals surface area contributed by atoms with E-state index in [1.807, 2.05) is 31.2 Å². The molecule has 1 amide bonds. The van der Waals surface area contributed by atoms with Crippen molar-refractivity contribution in [1.29, 1.82) is 0 Å². The van der Waals surface area contributed by atoms with E-state index in [4.69, 9.17) is 4.74 Å². The molecule has 0 spiro atoms. The molecule has 0 bridgehead atoms. The highest BCUT2D eigenvalue weighted by molar-refractivity contribution is 5.99. The second-order valence-corrected chi connectivity index (χ2v) is 5.28. The predicted octanol–water partition coefficient (Wildman–Crippen LogP) is 2.71. The van der Waals surface area contributed by atoms with Gasteiger partial charge in [-0.2, -0.15) is 5.10 Å². The fourth-order valence-electron chi connectivity index (χ4n) is 2.72. The van der Waals surface area contributed by atoms with Crippen LogP contribution in [0.25, 0.3) is 10.9 Å². The number of para-hydroxylation sites is 1. The van der Waals surface area contributed by atoms with Gasteiger partial charge in [0.15, 0.2) is 5.82 Å². The lowest BCUT2D eigenvalue weighted by atomic mass is 9.80. The summed E-state index contributed by atoms with van der Waals surface area (Å²) >= 11 is 0. The summed E-state index contributed by atoms with van der Waals surface area (Å²) in [6.07, 6.45) is 2.87. The van der Waals surface area contributed by atoms with Gasteiger partial charge in [-0.25, -0.2) is 0 Å². The zero-order valence-electron chi connectivity index (χ0n) is 11.6. The Kier molecular flexibility index (Phi) is 3.69. The first-order valence-corrected chi connectivity index (χ1v) is 7.10. The van der Waals surface area contributed by atoms with Crippen molar-refractivity contribution in [3.8, 4) is 0 Å². The van der Waals surface area contributed by atoms with E-state index in [0.717, 1.165) is 30.4 Å². The van der Waals surface area contributed by atoms with Crippen molar-refractivity contribution in [3.05, 3.63) is 24.3 Å². The predicted molar refractivity (Wildman–Crippen MR) is 77.5 cm³/mol. The van der Waals surface area contributed by atoms with E-state index >= 15 is 0 Å². The maximum absolute atomic E-state index is 12.0. The molecule has 1 aromatic carbocycles. The molecule has 1 aliphatic rings. The van der Waals surface area contributed by atoms with Gasteiger partial charge >= 0.3 is 0 Å². The van der Waals surface area contributed by atoms with Crippen LogP contribution in [-0.4, -0.2) is 28.8 Å². The zero-order valence-corrected chi connectivity index (χ0v) is 11.6. The molecule has 0 radical (unpaired) electrons. The molecule has 3 rings (SSSR count). The highest BCUT2D eigenvalue weighted by Gasteiger charge is 2.31. The number of nitrogens with zero attached hydrogens (tertiary/aromatic N) is 1.